The van der Waals surface area contributed by atoms with Gasteiger partial charge in [-0.3, -0.25) is 0 Å². The SMILES string of the molecule is C#CCCCCC(C)(C)c1c(O)cccc1O. The third-order valence-electron chi connectivity index (χ3n) is 3.07. The van der Waals surface area contributed by atoms with Crippen molar-refractivity contribution in [3.05, 3.63) is 23.8 Å². The van der Waals surface area contributed by atoms with Gasteiger partial charge in [0.2, 0.25) is 0 Å². The summed E-state index contributed by atoms with van der Waals surface area (Å²) in [6.07, 6.45) is 8.85. The first-order valence-corrected chi connectivity index (χ1v) is 5.94. The van der Waals surface area contributed by atoms with E-state index in [0.717, 1.165) is 25.7 Å². The smallest absolute Gasteiger partial charge is 0.123 e. The number of benzene rings is 1. The lowest BCUT2D eigenvalue weighted by molar-refractivity contribution is 0.379. The zero-order chi connectivity index (χ0) is 12.9. The number of unbranched alkanes of at least 4 members (excludes halogenated alkanes) is 2. The average molecular weight is 232 g/mol. The van der Waals surface area contributed by atoms with Gasteiger partial charge >= 0.3 is 0 Å². The normalized spacial score (nSPS) is 11.1. The van der Waals surface area contributed by atoms with Gasteiger partial charge in [0.25, 0.3) is 0 Å². The average Bonchev–Trinajstić information content (AvgIpc) is 2.24. The van der Waals surface area contributed by atoms with Crippen LogP contribution >= 0.6 is 0 Å². The molecule has 0 amide bonds. The quantitative estimate of drug-likeness (QED) is 0.602. The maximum atomic E-state index is 9.84. The molecule has 0 unspecified atom stereocenters. The van der Waals surface area contributed by atoms with Crippen LogP contribution in [0.25, 0.3) is 0 Å². The molecule has 1 aromatic rings. The molecule has 0 fully saturated rings. The summed E-state index contributed by atoms with van der Waals surface area (Å²) >= 11 is 0. The van der Waals surface area contributed by atoms with Crippen LogP contribution in [0.2, 0.25) is 0 Å². The maximum absolute atomic E-state index is 9.84. The van der Waals surface area contributed by atoms with Gasteiger partial charge in [0.1, 0.15) is 11.5 Å². The van der Waals surface area contributed by atoms with E-state index in [9.17, 15) is 10.2 Å². The van der Waals surface area contributed by atoms with Crippen molar-refractivity contribution in [1.29, 1.82) is 0 Å². The Morgan fingerprint density at radius 3 is 2.29 bits per heavy atom. The Morgan fingerprint density at radius 2 is 1.76 bits per heavy atom. The second-order valence-electron chi connectivity index (χ2n) is 4.97. The van der Waals surface area contributed by atoms with E-state index in [2.05, 4.69) is 5.92 Å². The van der Waals surface area contributed by atoms with Gasteiger partial charge in [-0.15, -0.1) is 12.3 Å². The summed E-state index contributed by atoms with van der Waals surface area (Å²) < 4.78 is 0. The van der Waals surface area contributed by atoms with Crippen LogP contribution in [0.1, 0.15) is 45.1 Å². The number of phenolic OH excluding ortho intramolecular Hbond substituents is 2. The first-order chi connectivity index (χ1) is 7.99. The zero-order valence-electron chi connectivity index (χ0n) is 10.5. The van der Waals surface area contributed by atoms with Crippen molar-refractivity contribution >= 4 is 0 Å². The second kappa shape index (κ2) is 5.63. The summed E-state index contributed by atoms with van der Waals surface area (Å²) in [5, 5.41) is 19.7. The first-order valence-electron chi connectivity index (χ1n) is 5.94. The van der Waals surface area contributed by atoms with Gasteiger partial charge in [0.05, 0.1) is 0 Å². The van der Waals surface area contributed by atoms with E-state index in [4.69, 9.17) is 6.42 Å². The molecule has 2 N–H and O–H groups in total. The zero-order valence-corrected chi connectivity index (χ0v) is 10.5. The molecule has 0 aliphatic rings. The van der Waals surface area contributed by atoms with E-state index in [1.54, 1.807) is 18.2 Å². The topological polar surface area (TPSA) is 40.5 Å². The minimum atomic E-state index is -0.246. The Morgan fingerprint density at radius 1 is 1.18 bits per heavy atom. The molecule has 0 saturated heterocycles. The van der Waals surface area contributed by atoms with Gasteiger partial charge in [0, 0.05) is 12.0 Å². The number of hydrogen-bond acceptors (Lipinski definition) is 2. The highest BCUT2D eigenvalue weighted by molar-refractivity contribution is 5.47. The Hall–Kier alpha value is -1.62. The van der Waals surface area contributed by atoms with Crippen LogP contribution in [-0.2, 0) is 5.41 Å². The number of aromatic hydroxyl groups is 2. The fourth-order valence-corrected chi connectivity index (χ4v) is 2.14. The van der Waals surface area contributed by atoms with Crippen LogP contribution < -0.4 is 0 Å². The number of terminal acetylenes is 1. The van der Waals surface area contributed by atoms with Crippen molar-refractivity contribution in [3.8, 4) is 23.8 Å². The largest absolute Gasteiger partial charge is 0.508 e. The van der Waals surface area contributed by atoms with Crippen molar-refractivity contribution in [2.75, 3.05) is 0 Å². The van der Waals surface area contributed by atoms with Gasteiger partial charge in [-0.05, 0) is 30.4 Å². The Bertz CT molecular complexity index is 393. The van der Waals surface area contributed by atoms with Crippen molar-refractivity contribution in [1.82, 2.24) is 0 Å². The summed E-state index contributed by atoms with van der Waals surface area (Å²) in [5.41, 5.74) is 0.380. The molecule has 0 spiro atoms. The standard InChI is InChI=1S/C15H20O2/c1-4-5-6-7-11-15(2,3)14-12(16)9-8-10-13(14)17/h1,8-10,16-17H,5-7,11H2,2-3H3. The highest BCUT2D eigenvalue weighted by Gasteiger charge is 2.26. The molecule has 0 saturated carbocycles. The van der Waals surface area contributed by atoms with Crippen molar-refractivity contribution in [2.45, 2.75) is 44.9 Å². The molecule has 92 valence electrons. The summed E-state index contributed by atoms with van der Waals surface area (Å²) in [5.74, 6) is 2.94. The summed E-state index contributed by atoms with van der Waals surface area (Å²) in [6, 6.07) is 4.86. The summed E-state index contributed by atoms with van der Waals surface area (Å²) in [7, 11) is 0. The molecule has 1 aromatic carbocycles. The molecule has 0 aliphatic heterocycles. The minimum absolute atomic E-state index is 0.159. The number of hydrogen-bond donors (Lipinski definition) is 2. The summed E-state index contributed by atoms with van der Waals surface area (Å²) in [6.45, 7) is 4.05. The van der Waals surface area contributed by atoms with E-state index >= 15 is 0 Å². The molecular weight excluding hydrogens is 212 g/mol. The van der Waals surface area contributed by atoms with Crippen molar-refractivity contribution in [3.63, 3.8) is 0 Å². The third-order valence-corrected chi connectivity index (χ3v) is 3.07. The predicted molar refractivity (Wildman–Crippen MR) is 70.1 cm³/mol. The predicted octanol–water partition coefficient (Wildman–Crippen LogP) is 3.57. The maximum Gasteiger partial charge on any atom is 0.123 e. The lowest BCUT2D eigenvalue weighted by atomic mass is 9.79. The third kappa shape index (κ3) is 3.42. The molecule has 0 aromatic heterocycles. The summed E-state index contributed by atoms with van der Waals surface area (Å²) in [4.78, 5) is 0. The second-order valence-corrected chi connectivity index (χ2v) is 4.97. The number of phenols is 2. The van der Waals surface area contributed by atoms with Gasteiger partial charge in [-0.25, -0.2) is 0 Å². The Labute approximate surface area is 103 Å². The molecule has 2 nitrogen and oxygen atoms in total. The van der Waals surface area contributed by atoms with Crippen LogP contribution in [0.5, 0.6) is 11.5 Å². The van der Waals surface area contributed by atoms with Crippen molar-refractivity contribution in [2.24, 2.45) is 0 Å². The van der Waals surface area contributed by atoms with Gasteiger partial charge in [0.15, 0.2) is 0 Å². The highest BCUT2D eigenvalue weighted by Crippen LogP contribution is 2.40. The van der Waals surface area contributed by atoms with Gasteiger partial charge in [-0.2, -0.15) is 0 Å². The first kappa shape index (κ1) is 13.4. The fourth-order valence-electron chi connectivity index (χ4n) is 2.14. The molecule has 1 rings (SSSR count). The molecule has 0 aliphatic carbocycles. The highest BCUT2D eigenvalue weighted by atomic mass is 16.3. The van der Waals surface area contributed by atoms with Gasteiger partial charge in [-0.1, -0.05) is 26.3 Å². The Balaban J connectivity index is 2.79. The van der Waals surface area contributed by atoms with E-state index in [0.29, 0.717) is 5.56 Å². The van der Waals surface area contributed by atoms with Crippen LogP contribution in [0.15, 0.2) is 18.2 Å². The van der Waals surface area contributed by atoms with Crippen LogP contribution in [0.3, 0.4) is 0 Å². The Kier molecular flexibility index (Phi) is 4.45. The van der Waals surface area contributed by atoms with Crippen LogP contribution in [0, 0.1) is 12.3 Å². The molecule has 2 heteroatoms. The van der Waals surface area contributed by atoms with Crippen molar-refractivity contribution < 1.29 is 10.2 Å². The molecule has 0 heterocycles. The molecule has 0 bridgehead atoms. The minimum Gasteiger partial charge on any atom is -0.508 e. The molecular formula is C15H20O2. The van der Waals surface area contributed by atoms with E-state index in [1.165, 1.54) is 0 Å². The van der Waals surface area contributed by atoms with E-state index in [-0.39, 0.29) is 16.9 Å². The monoisotopic (exact) mass is 232 g/mol. The van der Waals surface area contributed by atoms with Crippen LogP contribution in [-0.4, -0.2) is 10.2 Å². The van der Waals surface area contributed by atoms with E-state index < -0.39 is 0 Å². The molecule has 0 atom stereocenters. The lowest BCUT2D eigenvalue weighted by Gasteiger charge is -2.26. The van der Waals surface area contributed by atoms with Gasteiger partial charge < -0.3 is 10.2 Å². The lowest BCUT2D eigenvalue weighted by Crippen LogP contribution is -2.17. The number of rotatable bonds is 5. The van der Waals surface area contributed by atoms with E-state index in [1.807, 2.05) is 13.8 Å². The molecule has 17 heavy (non-hydrogen) atoms. The van der Waals surface area contributed by atoms with Crippen LogP contribution in [0.4, 0.5) is 0 Å². The molecule has 0 radical (unpaired) electrons. The fraction of sp³-hybridized carbons (Fsp3) is 0.467.